The van der Waals surface area contributed by atoms with Crippen LogP contribution in [0, 0.1) is 5.82 Å². The molecular formula is C18H22FN5O4S. The number of ether oxygens (including phenoxy) is 2. The van der Waals surface area contributed by atoms with Gasteiger partial charge in [0.1, 0.15) is 47.6 Å². The number of halogens is 1. The molecule has 0 bridgehead atoms. The second kappa shape index (κ2) is 8.66. The van der Waals surface area contributed by atoms with Crippen molar-refractivity contribution in [3.8, 4) is 5.75 Å². The summed E-state index contributed by atoms with van der Waals surface area (Å²) in [5, 5.41) is 32.8. The molecule has 1 aromatic carbocycles. The van der Waals surface area contributed by atoms with Crippen LogP contribution in [0.4, 0.5) is 4.39 Å². The second-order valence-corrected chi connectivity index (χ2v) is 7.85. The number of amidine groups is 1. The molecule has 5 unspecified atom stereocenters. The lowest BCUT2D eigenvalue weighted by Crippen LogP contribution is -2.59. The maximum atomic E-state index is 12.9. The van der Waals surface area contributed by atoms with Crippen LogP contribution in [0.15, 0.2) is 35.5 Å². The van der Waals surface area contributed by atoms with Gasteiger partial charge in [0.05, 0.1) is 18.8 Å². The number of nitrogens with zero attached hydrogens (tertiary/aromatic N) is 4. The predicted molar refractivity (Wildman–Crippen MR) is 104 cm³/mol. The number of benzene rings is 1. The molecule has 0 radical (unpaired) electrons. The molecule has 0 aliphatic carbocycles. The molecule has 156 valence electrons. The highest BCUT2D eigenvalue weighted by Crippen LogP contribution is 2.34. The summed E-state index contributed by atoms with van der Waals surface area (Å²) in [4.78, 5) is 4.30. The zero-order valence-corrected chi connectivity index (χ0v) is 16.5. The van der Waals surface area contributed by atoms with E-state index in [0.717, 1.165) is 0 Å². The van der Waals surface area contributed by atoms with Crippen molar-refractivity contribution in [3.63, 3.8) is 0 Å². The highest BCUT2D eigenvalue weighted by atomic mass is 32.2. The van der Waals surface area contributed by atoms with Crippen LogP contribution in [0.1, 0.15) is 12.6 Å². The third-order valence-electron chi connectivity index (χ3n) is 4.67. The van der Waals surface area contributed by atoms with Gasteiger partial charge >= 0.3 is 0 Å². The number of aliphatic hydroxyl groups excluding tert-OH is 2. The summed E-state index contributed by atoms with van der Waals surface area (Å²) in [6, 6.07) is 5.30. The van der Waals surface area contributed by atoms with E-state index in [1.165, 1.54) is 36.0 Å². The quantitative estimate of drug-likeness (QED) is 0.616. The van der Waals surface area contributed by atoms with E-state index < -0.39 is 24.4 Å². The summed E-state index contributed by atoms with van der Waals surface area (Å²) in [5.74, 6) is 0.193. The molecular weight excluding hydrogens is 401 g/mol. The van der Waals surface area contributed by atoms with Gasteiger partial charge in [-0.2, -0.15) is 0 Å². The van der Waals surface area contributed by atoms with Crippen LogP contribution < -0.4 is 10.1 Å². The van der Waals surface area contributed by atoms with Crippen molar-refractivity contribution < 1.29 is 24.1 Å². The molecule has 2 saturated heterocycles. The Morgan fingerprint density at radius 2 is 2.10 bits per heavy atom. The molecule has 2 aromatic rings. The monoisotopic (exact) mass is 423 g/mol. The lowest BCUT2D eigenvalue weighted by Gasteiger charge is -2.38. The van der Waals surface area contributed by atoms with Crippen molar-refractivity contribution in [3.05, 3.63) is 42.0 Å². The normalized spacial score (nSPS) is 30.2. The van der Waals surface area contributed by atoms with Crippen LogP contribution >= 0.6 is 11.8 Å². The highest BCUT2D eigenvalue weighted by molar-refractivity contribution is 8.14. The van der Waals surface area contributed by atoms with Crippen LogP contribution in [0.5, 0.6) is 5.75 Å². The van der Waals surface area contributed by atoms with Crippen molar-refractivity contribution in [2.45, 2.75) is 49.9 Å². The molecule has 1 aromatic heterocycles. The molecule has 5 atom stereocenters. The second-order valence-electron chi connectivity index (χ2n) is 6.77. The van der Waals surface area contributed by atoms with Gasteiger partial charge in [0.2, 0.25) is 0 Å². The minimum Gasteiger partial charge on any atom is -0.487 e. The van der Waals surface area contributed by atoms with E-state index >= 15 is 0 Å². The molecule has 29 heavy (non-hydrogen) atoms. The number of hydrogen-bond donors (Lipinski definition) is 3. The van der Waals surface area contributed by atoms with Gasteiger partial charge in [-0.05, 0) is 31.2 Å². The van der Waals surface area contributed by atoms with Crippen LogP contribution in [-0.2, 0) is 17.9 Å². The van der Waals surface area contributed by atoms with E-state index in [0.29, 0.717) is 23.2 Å². The lowest BCUT2D eigenvalue weighted by molar-refractivity contribution is -0.160. The largest absolute Gasteiger partial charge is 0.487 e. The summed E-state index contributed by atoms with van der Waals surface area (Å²) in [5.41, 5.74) is 0.237. The zero-order chi connectivity index (χ0) is 20.4. The van der Waals surface area contributed by atoms with E-state index in [1.807, 2.05) is 6.92 Å². The van der Waals surface area contributed by atoms with Crippen molar-refractivity contribution in [1.29, 1.82) is 0 Å². The van der Waals surface area contributed by atoms with Crippen molar-refractivity contribution in [1.82, 2.24) is 20.3 Å². The van der Waals surface area contributed by atoms with E-state index in [2.05, 4.69) is 20.6 Å². The minimum atomic E-state index is -1.08. The fourth-order valence-electron chi connectivity index (χ4n) is 3.22. The number of aromatic nitrogens is 3. The Balaban J connectivity index is 1.35. The van der Waals surface area contributed by atoms with E-state index in [1.54, 1.807) is 10.9 Å². The minimum absolute atomic E-state index is 0.170. The standard InChI is InChI=1S/C18H22FN5O4S/c1-2-20-18-21-14-16(26)15(25)13(28-17(14)29-18)8-24-7-11(22-23-24)9-27-12-5-3-10(19)4-6-12/h3-7,13-17,25-26H,2,8-9H2,1H3,(H,20,21). The van der Waals surface area contributed by atoms with E-state index in [4.69, 9.17) is 9.47 Å². The smallest absolute Gasteiger partial charge is 0.159 e. The number of thioether (sulfide) groups is 1. The molecule has 9 nitrogen and oxygen atoms in total. The van der Waals surface area contributed by atoms with Gasteiger partial charge in [0.25, 0.3) is 0 Å². The number of fused-ring (bicyclic) bond motifs is 1. The first-order chi connectivity index (χ1) is 14.0. The fraction of sp³-hybridized carbons (Fsp3) is 0.500. The van der Waals surface area contributed by atoms with Gasteiger partial charge in [0.15, 0.2) is 5.17 Å². The first-order valence-electron chi connectivity index (χ1n) is 9.30. The summed E-state index contributed by atoms with van der Waals surface area (Å²) in [6.45, 7) is 2.95. The molecule has 2 fully saturated rings. The number of nitrogens with one attached hydrogen (secondary N) is 1. The molecule has 4 rings (SSSR count). The zero-order valence-electron chi connectivity index (χ0n) is 15.7. The lowest BCUT2D eigenvalue weighted by atomic mass is 9.98. The molecule has 0 amide bonds. The van der Waals surface area contributed by atoms with Crippen molar-refractivity contribution in [2.24, 2.45) is 4.99 Å². The maximum Gasteiger partial charge on any atom is 0.159 e. The highest BCUT2D eigenvalue weighted by Gasteiger charge is 2.49. The number of aliphatic imine (C=N–C) groups is 1. The molecule has 0 saturated carbocycles. The molecule has 0 spiro atoms. The van der Waals surface area contributed by atoms with E-state index in [9.17, 15) is 14.6 Å². The molecule has 3 N–H and O–H groups in total. The average Bonchev–Trinajstić information content (AvgIpc) is 3.32. The fourth-order valence-corrected chi connectivity index (χ4v) is 4.42. The van der Waals surface area contributed by atoms with Crippen LogP contribution in [0.25, 0.3) is 0 Å². The van der Waals surface area contributed by atoms with E-state index in [-0.39, 0.29) is 24.4 Å². The van der Waals surface area contributed by atoms with Crippen LogP contribution in [0.2, 0.25) is 0 Å². The molecule has 3 heterocycles. The van der Waals surface area contributed by atoms with Crippen molar-refractivity contribution in [2.75, 3.05) is 6.54 Å². The number of hydrogen-bond acceptors (Lipinski definition) is 8. The van der Waals surface area contributed by atoms with Gasteiger partial charge in [-0.15, -0.1) is 5.10 Å². The number of rotatable bonds is 6. The van der Waals surface area contributed by atoms with Gasteiger partial charge in [-0.25, -0.2) is 9.07 Å². The van der Waals surface area contributed by atoms with Crippen molar-refractivity contribution >= 4 is 16.9 Å². The third kappa shape index (κ3) is 4.53. The number of aliphatic hydroxyl groups is 2. The first kappa shape index (κ1) is 20.1. The Morgan fingerprint density at radius 1 is 1.31 bits per heavy atom. The Morgan fingerprint density at radius 3 is 2.86 bits per heavy atom. The molecule has 2 aliphatic rings. The summed E-state index contributed by atoms with van der Waals surface area (Å²) in [7, 11) is 0. The predicted octanol–water partition coefficient (Wildman–Crippen LogP) is 0.524. The average molecular weight is 423 g/mol. The third-order valence-corrected chi connectivity index (χ3v) is 5.78. The maximum absolute atomic E-state index is 12.9. The Labute approximate surface area is 170 Å². The van der Waals surface area contributed by atoms with Gasteiger partial charge in [0, 0.05) is 6.54 Å². The summed E-state index contributed by atoms with van der Waals surface area (Å²) in [6.07, 6.45) is -1.02. The SMILES string of the molecule is CCN=C1NC2C(OC(Cn3cc(COc4ccc(F)cc4)nn3)C(O)C2O)S1. The van der Waals surface area contributed by atoms with Gasteiger partial charge in [-0.1, -0.05) is 17.0 Å². The van der Waals surface area contributed by atoms with Crippen LogP contribution in [0.3, 0.4) is 0 Å². The van der Waals surface area contributed by atoms with Crippen LogP contribution in [-0.4, -0.2) is 66.7 Å². The Hall–Kier alpha value is -2.21. The Bertz CT molecular complexity index is 864. The van der Waals surface area contributed by atoms with Gasteiger partial charge in [-0.3, -0.25) is 4.99 Å². The molecule has 11 heteroatoms. The first-order valence-corrected chi connectivity index (χ1v) is 10.2. The summed E-state index contributed by atoms with van der Waals surface area (Å²) >= 11 is 1.40. The Kier molecular flexibility index (Phi) is 5.99. The molecule has 2 aliphatic heterocycles. The summed E-state index contributed by atoms with van der Waals surface area (Å²) < 4.78 is 26.0. The topological polar surface area (TPSA) is 114 Å². The van der Waals surface area contributed by atoms with Gasteiger partial charge < -0.3 is 25.0 Å².